The van der Waals surface area contributed by atoms with Gasteiger partial charge in [-0.3, -0.25) is 9.58 Å². The second-order valence-electron chi connectivity index (χ2n) is 8.04. The fraction of sp³-hybridized carbons (Fsp3) is 0.550. The summed E-state index contributed by atoms with van der Waals surface area (Å²) in [6, 6.07) is 1.59. The zero-order chi connectivity index (χ0) is 21.3. The molecule has 1 fully saturated rings. The molecule has 30 heavy (non-hydrogen) atoms. The van der Waals surface area contributed by atoms with Crippen molar-refractivity contribution in [3.63, 3.8) is 0 Å². The molecule has 0 radical (unpaired) electrons. The molecule has 0 atom stereocenters. The molecule has 6 nitrogen and oxygen atoms in total. The maximum Gasteiger partial charge on any atom is 0.393 e. The standard InChI is InChI=1S/C20H25F3N6S/c1-27(10-14-3-5-29(6-4-14)12-15-9-26-28(2)11-15)18-17-7-16(8-20(21,22)23)30-19(17)25-13-24-18/h7,9,11,13-14H,3-6,8,10,12H2,1-2H3. The number of anilines is 1. The maximum absolute atomic E-state index is 12.8. The van der Waals surface area contributed by atoms with E-state index < -0.39 is 12.6 Å². The van der Waals surface area contributed by atoms with E-state index in [1.54, 1.807) is 6.07 Å². The molecule has 10 heteroatoms. The van der Waals surface area contributed by atoms with Crippen LogP contribution in [0.25, 0.3) is 10.2 Å². The molecule has 162 valence electrons. The summed E-state index contributed by atoms with van der Waals surface area (Å²) in [5, 5.41) is 4.93. The molecule has 3 aromatic rings. The van der Waals surface area contributed by atoms with Crippen LogP contribution in [0.3, 0.4) is 0 Å². The van der Waals surface area contributed by atoms with Gasteiger partial charge in [0.1, 0.15) is 17.0 Å². The molecule has 1 saturated heterocycles. The van der Waals surface area contributed by atoms with Gasteiger partial charge in [0.25, 0.3) is 0 Å². The van der Waals surface area contributed by atoms with Gasteiger partial charge in [0, 0.05) is 43.8 Å². The summed E-state index contributed by atoms with van der Waals surface area (Å²) >= 11 is 1.09. The highest BCUT2D eigenvalue weighted by atomic mass is 32.1. The van der Waals surface area contributed by atoms with Crippen molar-refractivity contribution in [1.82, 2.24) is 24.6 Å². The van der Waals surface area contributed by atoms with Gasteiger partial charge in [-0.15, -0.1) is 11.3 Å². The van der Waals surface area contributed by atoms with Gasteiger partial charge >= 0.3 is 6.18 Å². The molecule has 1 aliphatic rings. The Hall–Kier alpha value is -2.20. The van der Waals surface area contributed by atoms with Crippen LogP contribution in [0.5, 0.6) is 0 Å². The van der Waals surface area contributed by atoms with Gasteiger partial charge in [0.15, 0.2) is 0 Å². The number of nitrogens with zero attached hydrogens (tertiary/aromatic N) is 6. The van der Waals surface area contributed by atoms with Crippen LogP contribution in [0.15, 0.2) is 24.8 Å². The van der Waals surface area contributed by atoms with Crippen LogP contribution in [0.1, 0.15) is 23.3 Å². The van der Waals surface area contributed by atoms with E-state index in [2.05, 4.69) is 24.9 Å². The molecule has 0 saturated carbocycles. The van der Waals surface area contributed by atoms with E-state index in [1.807, 2.05) is 31.2 Å². The van der Waals surface area contributed by atoms with Crippen LogP contribution in [0.2, 0.25) is 0 Å². The van der Waals surface area contributed by atoms with Crippen molar-refractivity contribution < 1.29 is 13.2 Å². The molecule has 3 aromatic heterocycles. The number of aryl methyl sites for hydroxylation is 1. The van der Waals surface area contributed by atoms with Crippen LogP contribution in [-0.2, 0) is 20.0 Å². The molecule has 1 aliphatic heterocycles. The summed E-state index contributed by atoms with van der Waals surface area (Å²) in [7, 11) is 3.89. The summed E-state index contributed by atoms with van der Waals surface area (Å²) in [6.45, 7) is 3.80. The van der Waals surface area contributed by atoms with Crippen LogP contribution in [0, 0.1) is 5.92 Å². The number of aromatic nitrogens is 4. The number of likely N-dealkylation sites (tertiary alicyclic amines) is 1. The lowest BCUT2D eigenvalue weighted by Crippen LogP contribution is -2.37. The topological polar surface area (TPSA) is 50.1 Å². The summed E-state index contributed by atoms with van der Waals surface area (Å²) in [6.07, 6.45) is 2.43. The number of fused-ring (bicyclic) bond motifs is 1. The summed E-state index contributed by atoms with van der Waals surface area (Å²) in [5.74, 6) is 1.24. The van der Waals surface area contributed by atoms with Crippen molar-refractivity contribution in [2.24, 2.45) is 13.0 Å². The number of hydrogen-bond donors (Lipinski definition) is 0. The monoisotopic (exact) mass is 438 g/mol. The smallest absolute Gasteiger partial charge is 0.359 e. The number of hydrogen-bond acceptors (Lipinski definition) is 6. The lowest BCUT2D eigenvalue weighted by Gasteiger charge is -2.34. The minimum absolute atomic E-state index is 0.274. The Morgan fingerprint density at radius 2 is 2.00 bits per heavy atom. The highest BCUT2D eigenvalue weighted by molar-refractivity contribution is 7.18. The number of thiophene rings is 1. The first-order chi connectivity index (χ1) is 14.3. The Morgan fingerprint density at radius 3 is 2.67 bits per heavy atom. The Balaban J connectivity index is 1.37. The third-order valence-electron chi connectivity index (χ3n) is 5.50. The van der Waals surface area contributed by atoms with Gasteiger partial charge in [-0.05, 0) is 37.9 Å². The minimum Gasteiger partial charge on any atom is -0.359 e. The van der Waals surface area contributed by atoms with Gasteiger partial charge in [0.2, 0.25) is 0 Å². The Morgan fingerprint density at radius 1 is 1.23 bits per heavy atom. The third kappa shape index (κ3) is 5.10. The van der Waals surface area contributed by atoms with E-state index in [0.717, 1.165) is 50.4 Å². The van der Waals surface area contributed by atoms with Crippen LogP contribution >= 0.6 is 11.3 Å². The van der Waals surface area contributed by atoms with Crippen LogP contribution in [0.4, 0.5) is 19.0 Å². The zero-order valence-corrected chi connectivity index (χ0v) is 17.9. The maximum atomic E-state index is 12.8. The van der Waals surface area contributed by atoms with Gasteiger partial charge in [-0.1, -0.05) is 0 Å². The fourth-order valence-corrected chi connectivity index (χ4v) is 5.12. The third-order valence-corrected chi connectivity index (χ3v) is 6.54. The zero-order valence-electron chi connectivity index (χ0n) is 17.1. The highest BCUT2D eigenvalue weighted by Crippen LogP contribution is 2.34. The lowest BCUT2D eigenvalue weighted by molar-refractivity contribution is -0.126. The summed E-state index contributed by atoms with van der Waals surface area (Å²) in [4.78, 5) is 13.9. The van der Waals surface area contributed by atoms with Gasteiger partial charge in [-0.25, -0.2) is 9.97 Å². The first-order valence-corrected chi connectivity index (χ1v) is 10.8. The average molecular weight is 439 g/mol. The SMILES string of the molecule is CN(CC1CCN(Cc2cnn(C)c2)CC1)c1ncnc2sc(CC(F)(F)F)cc12. The van der Waals surface area contributed by atoms with E-state index in [0.29, 0.717) is 22.0 Å². The average Bonchev–Trinajstić information content (AvgIpc) is 3.26. The van der Waals surface area contributed by atoms with Crippen molar-refractivity contribution in [1.29, 1.82) is 0 Å². The van der Waals surface area contributed by atoms with Crippen molar-refractivity contribution in [3.8, 4) is 0 Å². The Labute approximate surface area is 177 Å². The van der Waals surface area contributed by atoms with Crippen molar-refractivity contribution in [3.05, 3.63) is 35.2 Å². The van der Waals surface area contributed by atoms with Gasteiger partial charge in [0.05, 0.1) is 18.0 Å². The predicted octanol–water partition coefficient (Wildman–Crippen LogP) is 3.88. The number of alkyl halides is 3. The van der Waals surface area contributed by atoms with Crippen LogP contribution < -0.4 is 4.90 Å². The van der Waals surface area contributed by atoms with E-state index in [-0.39, 0.29) is 4.88 Å². The molecule has 4 rings (SSSR count). The lowest BCUT2D eigenvalue weighted by atomic mass is 9.96. The Bertz CT molecular complexity index is 990. The molecule has 0 aromatic carbocycles. The van der Waals surface area contributed by atoms with E-state index in [4.69, 9.17) is 0 Å². The van der Waals surface area contributed by atoms with Crippen molar-refractivity contribution >= 4 is 27.4 Å². The number of halogens is 3. The second-order valence-corrected chi connectivity index (χ2v) is 9.16. The highest BCUT2D eigenvalue weighted by Gasteiger charge is 2.29. The largest absolute Gasteiger partial charge is 0.393 e. The van der Waals surface area contributed by atoms with Crippen molar-refractivity contribution in [2.45, 2.75) is 32.0 Å². The molecule has 0 spiro atoms. The summed E-state index contributed by atoms with van der Waals surface area (Å²) < 4.78 is 40.1. The molecular weight excluding hydrogens is 413 g/mol. The molecule has 4 heterocycles. The van der Waals surface area contributed by atoms with E-state index >= 15 is 0 Å². The first-order valence-electron chi connectivity index (χ1n) is 9.98. The van der Waals surface area contributed by atoms with Crippen molar-refractivity contribution in [2.75, 3.05) is 31.6 Å². The van der Waals surface area contributed by atoms with E-state index in [9.17, 15) is 13.2 Å². The predicted molar refractivity (Wildman–Crippen MR) is 112 cm³/mol. The molecular formula is C20H25F3N6S. The first kappa shape index (κ1) is 21.0. The fourth-order valence-electron chi connectivity index (χ4n) is 4.09. The quantitative estimate of drug-likeness (QED) is 0.585. The van der Waals surface area contributed by atoms with Crippen LogP contribution in [-0.4, -0.2) is 57.5 Å². The molecule has 0 unspecified atom stereocenters. The minimum atomic E-state index is -4.22. The normalized spacial score (nSPS) is 16.4. The molecule has 0 amide bonds. The number of piperidine rings is 1. The number of rotatable bonds is 6. The Kier molecular flexibility index (Phi) is 5.97. The second kappa shape index (κ2) is 8.50. The molecule has 0 aliphatic carbocycles. The molecule has 0 N–H and O–H groups in total. The molecule has 0 bridgehead atoms. The summed E-state index contributed by atoms with van der Waals surface area (Å²) in [5.41, 5.74) is 1.23. The van der Waals surface area contributed by atoms with Gasteiger partial charge in [-0.2, -0.15) is 18.3 Å². The van der Waals surface area contributed by atoms with Gasteiger partial charge < -0.3 is 4.90 Å². The van der Waals surface area contributed by atoms with E-state index in [1.165, 1.54) is 11.9 Å².